The van der Waals surface area contributed by atoms with Crippen molar-refractivity contribution in [3.63, 3.8) is 0 Å². The normalized spacial score (nSPS) is 10.0. The number of hydrogen-bond acceptors (Lipinski definition) is 0. The molecular formula is C16H28. The van der Waals surface area contributed by atoms with Crippen molar-refractivity contribution in [3.05, 3.63) is 34.4 Å². The fraction of sp³-hybridized carbons (Fsp3) is 0.625. The van der Waals surface area contributed by atoms with Gasteiger partial charge in [0.05, 0.1) is 0 Å². The Morgan fingerprint density at radius 1 is 0.875 bits per heavy atom. The summed E-state index contributed by atoms with van der Waals surface area (Å²) in [4.78, 5) is 0. The van der Waals surface area contributed by atoms with Gasteiger partial charge in [-0.05, 0) is 61.8 Å². The van der Waals surface area contributed by atoms with Gasteiger partial charge in [-0.2, -0.15) is 0 Å². The Morgan fingerprint density at radius 2 is 1.25 bits per heavy atom. The van der Waals surface area contributed by atoms with Gasteiger partial charge >= 0.3 is 0 Å². The smallest absolute Gasteiger partial charge is 0.0167 e. The van der Waals surface area contributed by atoms with E-state index in [9.17, 15) is 0 Å². The predicted molar refractivity (Wildman–Crippen MR) is 75.3 cm³/mol. The van der Waals surface area contributed by atoms with Gasteiger partial charge in [0.25, 0.3) is 0 Å². The molecule has 0 saturated carbocycles. The third-order valence-corrected chi connectivity index (χ3v) is 3.41. The molecule has 1 rings (SSSR count). The van der Waals surface area contributed by atoms with E-state index >= 15 is 0 Å². The molecule has 0 heterocycles. The van der Waals surface area contributed by atoms with Gasteiger partial charge in [0.1, 0.15) is 0 Å². The molecule has 0 spiro atoms. The summed E-state index contributed by atoms with van der Waals surface area (Å²) in [6, 6.07) is 4.72. The van der Waals surface area contributed by atoms with Crippen LogP contribution in [0.4, 0.5) is 0 Å². The molecule has 0 bridgehead atoms. The Bertz CT molecular complexity index is 283. The van der Waals surface area contributed by atoms with Crippen molar-refractivity contribution in [2.24, 2.45) is 0 Å². The molecule has 0 aliphatic heterocycles. The highest BCUT2D eigenvalue weighted by Crippen LogP contribution is 2.26. The molecule has 0 unspecified atom stereocenters. The van der Waals surface area contributed by atoms with Crippen LogP contribution < -0.4 is 0 Å². The molecule has 0 aliphatic carbocycles. The molecule has 1 aromatic rings. The standard InChI is InChI=1S/C14H22.C2H6/c1-6-13(7-2)14-8-10(3)12(5)11(4)9-14;1-2/h8-9,13H,6-7H2,1-5H3;1-2H3. The number of aryl methyl sites for hydroxylation is 2. The van der Waals surface area contributed by atoms with Crippen molar-refractivity contribution < 1.29 is 0 Å². The van der Waals surface area contributed by atoms with Crippen molar-refractivity contribution in [3.8, 4) is 0 Å². The summed E-state index contributed by atoms with van der Waals surface area (Å²) in [5, 5.41) is 0. The molecular weight excluding hydrogens is 192 g/mol. The zero-order valence-corrected chi connectivity index (χ0v) is 12.1. The maximum absolute atomic E-state index is 2.36. The SMILES string of the molecule is CC.CCC(CC)c1cc(C)c(C)c(C)c1. The van der Waals surface area contributed by atoms with Gasteiger partial charge in [-0.15, -0.1) is 0 Å². The second-order valence-electron chi connectivity index (χ2n) is 4.29. The van der Waals surface area contributed by atoms with Crippen LogP contribution in [0.1, 0.15) is 68.7 Å². The maximum atomic E-state index is 2.36. The lowest BCUT2D eigenvalue weighted by atomic mass is 9.89. The first kappa shape index (κ1) is 15.2. The minimum absolute atomic E-state index is 0.744. The monoisotopic (exact) mass is 220 g/mol. The molecule has 0 N–H and O–H groups in total. The van der Waals surface area contributed by atoms with Crippen LogP contribution in [0.2, 0.25) is 0 Å². The molecule has 0 nitrogen and oxygen atoms in total. The molecule has 0 saturated heterocycles. The van der Waals surface area contributed by atoms with Gasteiger partial charge < -0.3 is 0 Å². The van der Waals surface area contributed by atoms with Gasteiger partial charge in [-0.25, -0.2) is 0 Å². The van der Waals surface area contributed by atoms with Crippen LogP contribution in [-0.2, 0) is 0 Å². The quantitative estimate of drug-likeness (QED) is 0.627. The fourth-order valence-electron chi connectivity index (χ4n) is 2.06. The number of rotatable bonds is 3. The molecule has 0 amide bonds. The summed E-state index contributed by atoms with van der Waals surface area (Å²) < 4.78 is 0. The van der Waals surface area contributed by atoms with Crippen LogP contribution in [-0.4, -0.2) is 0 Å². The van der Waals surface area contributed by atoms with E-state index in [1.54, 1.807) is 0 Å². The molecule has 0 atom stereocenters. The Balaban J connectivity index is 0.00000106. The van der Waals surface area contributed by atoms with Gasteiger partial charge in [0, 0.05) is 0 Å². The van der Waals surface area contributed by atoms with Gasteiger partial charge in [0.2, 0.25) is 0 Å². The van der Waals surface area contributed by atoms with E-state index in [0.717, 1.165) is 5.92 Å². The van der Waals surface area contributed by atoms with E-state index in [4.69, 9.17) is 0 Å². The molecule has 0 radical (unpaired) electrons. The van der Waals surface area contributed by atoms with E-state index in [-0.39, 0.29) is 0 Å². The van der Waals surface area contributed by atoms with Crippen molar-refractivity contribution in [1.29, 1.82) is 0 Å². The van der Waals surface area contributed by atoms with Gasteiger partial charge in [0.15, 0.2) is 0 Å². The maximum Gasteiger partial charge on any atom is -0.0167 e. The van der Waals surface area contributed by atoms with E-state index in [2.05, 4.69) is 46.8 Å². The Kier molecular flexibility index (Phi) is 7.12. The van der Waals surface area contributed by atoms with Crippen LogP contribution in [0, 0.1) is 20.8 Å². The highest BCUT2D eigenvalue weighted by atomic mass is 14.1. The van der Waals surface area contributed by atoms with Crippen LogP contribution in [0.15, 0.2) is 12.1 Å². The van der Waals surface area contributed by atoms with Crippen molar-refractivity contribution in [2.45, 2.75) is 67.2 Å². The van der Waals surface area contributed by atoms with Gasteiger partial charge in [-0.3, -0.25) is 0 Å². The first-order chi connectivity index (χ1) is 7.60. The van der Waals surface area contributed by atoms with E-state index < -0.39 is 0 Å². The summed E-state index contributed by atoms with van der Waals surface area (Å²) in [5.74, 6) is 0.744. The zero-order valence-electron chi connectivity index (χ0n) is 12.1. The second kappa shape index (κ2) is 7.49. The second-order valence-corrected chi connectivity index (χ2v) is 4.29. The minimum Gasteiger partial charge on any atom is -0.0683 e. The zero-order chi connectivity index (χ0) is 12.7. The predicted octanol–water partition coefficient (Wildman–Crippen LogP) is 5.54. The van der Waals surface area contributed by atoms with Crippen LogP contribution in [0.5, 0.6) is 0 Å². The number of benzene rings is 1. The molecule has 0 aliphatic rings. The van der Waals surface area contributed by atoms with Crippen LogP contribution >= 0.6 is 0 Å². The van der Waals surface area contributed by atoms with Crippen molar-refractivity contribution >= 4 is 0 Å². The summed E-state index contributed by atoms with van der Waals surface area (Å²) >= 11 is 0. The summed E-state index contributed by atoms with van der Waals surface area (Å²) in [6.45, 7) is 15.2. The molecule has 1 aromatic carbocycles. The first-order valence-corrected chi connectivity index (χ1v) is 6.67. The molecule has 0 fully saturated rings. The lowest BCUT2D eigenvalue weighted by molar-refractivity contribution is 0.640. The van der Waals surface area contributed by atoms with E-state index in [0.29, 0.717) is 0 Å². The Labute approximate surface area is 102 Å². The largest absolute Gasteiger partial charge is 0.0683 e. The van der Waals surface area contributed by atoms with E-state index in [1.165, 1.54) is 35.1 Å². The summed E-state index contributed by atoms with van der Waals surface area (Å²) in [6.07, 6.45) is 2.50. The Hall–Kier alpha value is -0.780. The summed E-state index contributed by atoms with van der Waals surface area (Å²) in [7, 11) is 0. The van der Waals surface area contributed by atoms with Crippen molar-refractivity contribution in [2.75, 3.05) is 0 Å². The minimum atomic E-state index is 0.744. The summed E-state index contributed by atoms with van der Waals surface area (Å²) in [5.41, 5.74) is 5.84. The molecule has 92 valence electrons. The average molecular weight is 220 g/mol. The topological polar surface area (TPSA) is 0 Å². The molecule has 0 heteroatoms. The lowest BCUT2D eigenvalue weighted by Crippen LogP contribution is -1.98. The highest BCUT2D eigenvalue weighted by Gasteiger charge is 2.08. The fourth-order valence-corrected chi connectivity index (χ4v) is 2.06. The van der Waals surface area contributed by atoms with E-state index in [1.807, 2.05) is 13.8 Å². The van der Waals surface area contributed by atoms with Gasteiger partial charge in [-0.1, -0.05) is 39.8 Å². The lowest BCUT2D eigenvalue weighted by Gasteiger charge is -2.16. The molecule has 16 heavy (non-hydrogen) atoms. The first-order valence-electron chi connectivity index (χ1n) is 6.67. The number of hydrogen-bond donors (Lipinski definition) is 0. The van der Waals surface area contributed by atoms with Crippen LogP contribution in [0.3, 0.4) is 0 Å². The third-order valence-electron chi connectivity index (χ3n) is 3.41. The molecule has 0 aromatic heterocycles. The third kappa shape index (κ3) is 3.66. The van der Waals surface area contributed by atoms with Crippen molar-refractivity contribution in [1.82, 2.24) is 0 Å². The highest BCUT2D eigenvalue weighted by molar-refractivity contribution is 5.38. The Morgan fingerprint density at radius 3 is 1.56 bits per heavy atom. The van der Waals surface area contributed by atoms with Crippen LogP contribution in [0.25, 0.3) is 0 Å². The average Bonchev–Trinajstić information content (AvgIpc) is 2.30.